The van der Waals surface area contributed by atoms with E-state index < -0.39 is 127 Å². The van der Waals surface area contributed by atoms with Crippen LogP contribution in [0.5, 0.6) is 0 Å². The van der Waals surface area contributed by atoms with Crippen LogP contribution in [0.4, 0.5) is 0 Å². The lowest BCUT2D eigenvalue weighted by Crippen LogP contribution is -2.40. The summed E-state index contributed by atoms with van der Waals surface area (Å²) >= 11 is 0. The summed E-state index contributed by atoms with van der Waals surface area (Å²) in [5.74, 6) is -12.0. The molecule has 0 aliphatic rings. The molecule has 0 bridgehead atoms. The quantitative estimate of drug-likeness (QED) is 0.0865. The molecule has 0 rings (SSSR count). The average molecular weight is 805 g/mol. The fourth-order valence-electron chi connectivity index (χ4n) is 3.21. The summed E-state index contributed by atoms with van der Waals surface area (Å²) in [6.07, 6.45) is -15.3. The first-order chi connectivity index (χ1) is 25.7. The predicted molar refractivity (Wildman–Crippen MR) is 181 cm³/mol. The highest BCUT2D eigenvalue weighted by atomic mass is 16.7. The molecule has 0 N–H and O–H groups in total. The summed E-state index contributed by atoms with van der Waals surface area (Å²) in [5.41, 5.74) is 0.0211. The van der Waals surface area contributed by atoms with Crippen molar-refractivity contribution in [3.8, 4) is 0 Å². The minimum Gasteiger partial charge on any atom is -0.452 e. The molecule has 0 aromatic heterocycles. The van der Waals surface area contributed by atoms with E-state index in [1.807, 2.05) is 0 Å². The Hall–Kier alpha value is -5.89. The van der Waals surface area contributed by atoms with E-state index in [4.69, 9.17) is 47.4 Å². The fraction of sp³-hybridized carbons (Fsp3) is 0.629. The Morgan fingerprint density at radius 2 is 0.429 bits per heavy atom. The molecule has 10 atom stereocenters. The first-order valence-electron chi connectivity index (χ1n) is 16.9. The predicted octanol–water partition coefficient (Wildman–Crippen LogP) is 0.469. The Balaban J connectivity index is 4.89. The molecule has 0 radical (unpaired) electrons. The zero-order valence-corrected chi connectivity index (χ0v) is 33.1. The van der Waals surface area contributed by atoms with Gasteiger partial charge >= 0.3 is 59.7 Å². The third-order valence-corrected chi connectivity index (χ3v) is 6.83. The second kappa shape index (κ2) is 23.1. The molecule has 21 heteroatoms. The minimum atomic E-state index is -1.67. The van der Waals surface area contributed by atoms with Gasteiger partial charge in [-0.15, -0.1) is 0 Å². The van der Waals surface area contributed by atoms with Gasteiger partial charge in [-0.2, -0.15) is 0 Å². The van der Waals surface area contributed by atoms with Gasteiger partial charge in [0, 0.05) is 5.57 Å². The first-order valence-corrected chi connectivity index (χ1v) is 16.9. The van der Waals surface area contributed by atoms with E-state index in [1.165, 1.54) is 34.6 Å². The molecule has 0 aliphatic carbocycles. The zero-order chi connectivity index (χ0) is 43.8. The number of ketones is 1. The van der Waals surface area contributed by atoms with E-state index in [0.717, 1.165) is 48.5 Å². The van der Waals surface area contributed by atoms with Crippen LogP contribution >= 0.6 is 0 Å². The molecule has 0 saturated heterocycles. The van der Waals surface area contributed by atoms with Crippen LogP contribution in [0.1, 0.15) is 83.1 Å². The molecule has 56 heavy (non-hydrogen) atoms. The number of esters is 10. The lowest BCUT2D eigenvalue weighted by Gasteiger charge is -2.21. The Morgan fingerprint density at radius 1 is 0.286 bits per heavy atom. The normalized spacial score (nSPS) is 16.0. The number of ether oxygens (including phenoxy) is 10. The number of rotatable bonds is 21. The van der Waals surface area contributed by atoms with Crippen molar-refractivity contribution in [3.05, 3.63) is 12.2 Å². The van der Waals surface area contributed by atoms with E-state index in [0.29, 0.717) is 0 Å². The number of carbonyl (C=O) groups is 11. The second-order valence-electron chi connectivity index (χ2n) is 12.2. The lowest BCUT2D eigenvalue weighted by atomic mass is 10.3. The highest BCUT2D eigenvalue weighted by Gasteiger charge is 2.34. The largest absolute Gasteiger partial charge is 0.452 e. The highest BCUT2D eigenvalue weighted by molar-refractivity contribution is 5.91. The molecule has 0 amide bonds. The van der Waals surface area contributed by atoms with Crippen molar-refractivity contribution in [1.82, 2.24) is 0 Å². The molecule has 21 nitrogen and oxygen atoms in total. The van der Waals surface area contributed by atoms with Gasteiger partial charge in [0.25, 0.3) is 0 Å². The van der Waals surface area contributed by atoms with Gasteiger partial charge in [-0.05, 0) is 83.1 Å². The smallest absolute Gasteiger partial charge is 0.348 e. The van der Waals surface area contributed by atoms with Crippen LogP contribution in [0.3, 0.4) is 0 Å². The topological polar surface area (TPSA) is 280 Å². The molecule has 0 fully saturated rings. The summed E-state index contributed by atoms with van der Waals surface area (Å²) in [7, 11) is 0. The van der Waals surface area contributed by atoms with Crippen molar-refractivity contribution in [2.24, 2.45) is 0 Å². The third-order valence-electron chi connectivity index (χ3n) is 6.83. The van der Waals surface area contributed by atoms with E-state index >= 15 is 0 Å². The van der Waals surface area contributed by atoms with Crippen LogP contribution in [0.2, 0.25) is 0 Å². The molecule has 0 spiro atoms. The van der Waals surface area contributed by atoms with Crippen molar-refractivity contribution < 1.29 is 100 Å². The second-order valence-corrected chi connectivity index (χ2v) is 12.2. The van der Waals surface area contributed by atoms with Gasteiger partial charge in [0.15, 0.2) is 66.8 Å². The molecule has 0 saturated carbocycles. The molecule has 0 heterocycles. The standard InChI is InChI=1S/C35H48O21/c1-14(2)26(37)48-17(5)28(39)50-19(7)30(41)52-21(9)32(43)54-23(11)34(45)56-25(13)35(46)55-24(12)33(44)53-22(10)31(42)51-20(8)29(40)49-18(6)27(38)47-16(4)15(3)36/h16-25H,1H2,2-13H3/t16-,17-,18-,19-,20-,21-,22-,23-,24-,25-/m0/s1. The highest BCUT2D eigenvalue weighted by Crippen LogP contribution is 2.11. The number of carbonyl (C=O) groups excluding carboxylic acids is 11. The van der Waals surface area contributed by atoms with Gasteiger partial charge in [0.2, 0.25) is 0 Å². The van der Waals surface area contributed by atoms with Crippen LogP contribution in [-0.2, 0) is 100 Å². The Bertz CT molecular complexity index is 1530. The molecular weight excluding hydrogens is 756 g/mol. The van der Waals surface area contributed by atoms with Crippen molar-refractivity contribution in [2.75, 3.05) is 0 Å². The Kier molecular flexibility index (Phi) is 20.7. The summed E-state index contributed by atoms with van der Waals surface area (Å²) in [5, 5.41) is 0. The summed E-state index contributed by atoms with van der Waals surface area (Å²) in [6.45, 7) is 17.2. The van der Waals surface area contributed by atoms with E-state index in [9.17, 15) is 52.7 Å². The van der Waals surface area contributed by atoms with Crippen LogP contribution in [0.15, 0.2) is 12.2 Å². The molecule has 0 aromatic rings. The number of Topliss-reactive ketones (excluding diaryl/α,β-unsaturated/α-hetero) is 1. The summed E-state index contributed by atoms with van der Waals surface area (Å²) in [4.78, 5) is 134. The Morgan fingerprint density at radius 3 is 0.571 bits per heavy atom. The zero-order valence-electron chi connectivity index (χ0n) is 33.1. The molecule has 314 valence electrons. The summed E-state index contributed by atoms with van der Waals surface area (Å²) < 4.78 is 48.8. The fourth-order valence-corrected chi connectivity index (χ4v) is 3.21. The Labute approximate surface area is 321 Å². The van der Waals surface area contributed by atoms with Gasteiger partial charge in [-0.25, -0.2) is 47.9 Å². The van der Waals surface area contributed by atoms with Gasteiger partial charge in [-0.3, -0.25) is 4.79 Å². The SMILES string of the molecule is C=C(C)C(=O)O[C@@H](C)C(=O)O[C@@H](C)C(=O)O[C@@H](C)C(=O)O[C@@H](C)C(=O)O[C@@H](C)C(=O)O[C@@H](C)C(=O)O[C@@H](C)C(=O)O[C@@H](C)C(=O)O[C@@H](C)C(=O)O[C@@H](C)C(C)=O. The average Bonchev–Trinajstić information content (AvgIpc) is 3.10. The maximum Gasteiger partial charge on any atom is 0.348 e. The van der Waals surface area contributed by atoms with Crippen molar-refractivity contribution in [1.29, 1.82) is 0 Å². The van der Waals surface area contributed by atoms with E-state index in [2.05, 4.69) is 6.58 Å². The van der Waals surface area contributed by atoms with Crippen molar-refractivity contribution in [3.63, 3.8) is 0 Å². The van der Waals surface area contributed by atoms with E-state index in [1.54, 1.807) is 0 Å². The summed E-state index contributed by atoms with van der Waals surface area (Å²) in [6, 6.07) is 0. The van der Waals surface area contributed by atoms with Gasteiger partial charge in [-0.1, -0.05) is 6.58 Å². The van der Waals surface area contributed by atoms with Crippen LogP contribution in [0.25, 0.3) is 0 Å². The number of hydrogen-bond donors (Lipinski definition) is 0. The first kappa shape index (κ1) is 50.1. The van der Waals surface area contributed by atoms with Crippen molar-refractivity contribution in [2.45, 2.75) is 144 Å². The van der Waals surface area contributed by atoms with Gasteiger partial charge < -0.3 is 47.4 Å². The number of hydrogen-bond acceptors (Lipinski definition) is 21. The van der Waals surface area contributed by atoms with Crippen molar-refractivity contribution >= 4 is 65.5 Å². The maximum absolute atomic E-state index is 12.5. The van der Waals surface area contributed by atoms with Crippen LogP contribution < -0.4 is 0 Å². The molecule has 0 aliphatic heterocycles. The molecule has 0 unspecified atom stereocenters. The monoisotopic (exact) mass is 804 g/mol. The minimum absolute atomic E-state index is 0.0211. The third kappa shape index (κ3) is 17.5. The van der Waals surface area contributed by atoms with Crippen LogP contribution in [0, 0.1) is 0 Å². The molecule has 0 aromatic carbocycles. The lowest BCUT2D eigenvalue weighted by molar-refractivity contribution is -0.189. The van der Waals surface area contributed by atoms with Gasteiger partial charge in [0.1, 0.15) is 0 Å². The van der Waals surface area contributed by atoms with Crippen LogP contribution in [-0.4, -0.2) is 127 Å². The van der Waals surface area contributed by atoms with E-state index in [-0.39, 0.29) is 5.57 Å². The van der Waals surface area contributed by atoms with Gasteiger partial charge in [0.05, 0.1) is 0 Å². The molecular formula is C35H48O21. The maximum atomic E-state index is 12.5.